The molecule has 0 saturated carbocycles. The number of benzene rings is 1. The molecule has 2 nitrogen and oxygen atoms in total. The molecule has 1 aromatic carbocycles. The van der Waals surface area contributed by atoms with Gasteiger partial charge in [-0.05, 0) is 29.7 Å². The molecule has 0 aliphatic rings. The van der Waals surface area contributed by atoms with Crippen molar-refractivity contribution in [3.63, 3.8) is 0 Å². The predicted molar refractivity (Wildman–Crippen MR) is 55.1 cm³/mol. The van der Waals surface area contributed by atoms with Crippen molar-refractivity contribution in [3.05, 3.63) is 34.6 Å². The summed E-state index contributed by atoms with van der Waals surface area (Å²) in [5.41, 5.74) is 1.89. The molecule has 0 aromatic heterocycles. The fourth-order valence-corrected chi connectivity index (χ4v) is 1.76. The fourth-order valence-electron chi connectivity index (χ4n) is 1.23. The van der Waals surface area contributed by atoms with E-state index >= 15 is 0 Å². The van der Waals surface area contributed by atoms with Crippen LogP contribution in [0.4, 0.5) is 4.39 Å². The number of hydrogen-bond donors (Lipinski definition) is 1. The Balaban J connectivity index is 3.13. The largest absolute Gasteiger partial charge is 0.481 e. The van der Waals surface area contributed by atoms with Crippen molar-refractivity contribution in [1.82, 2.24) is 0 Å². The third-order valence-corrected chi connectivity index (χ3v) is 2.57. The van der Waals surface area contributed by atoms with Crippen LogP contribution in [0.3, 0.4) is 0 Å². The highest BCUT2D eigenvalue weighted by atomic mass is 79.9. The van der Waals surface area contributed by atoms with Crippen LogP contribution in [0.2, 0.25) is 0 Å². The molecule has 0 spiro atoms. The van der Waals surface area contributed by atoms with Gasteiger partial charge in [0.05, 0.1) is 6.42 Å². The Kier molecular flexibility index (Phi) is 3.63. The Bertz CT molecular complexity index is 363. The Hall–Kier alpha value is -0.900. The molecule has 0 heterocycles. The molecule has 0 saturated heterocycles. The number of aryl methyl sites for hydroxylation is 1. The number of alkyl halides is 1. The van der Waals surface area contributed by atoms with E-state index in [4.69, 9.17) is 5.11 Å². The summed E-state index contributed by atoms with van der Waals surface area (Å²) < 4.78 is 13.1. The Morgan fingerprint density at radius 3 is 2.64 bits per heavy atom. The number of carboxylic acid groups (broad SMARTS) is 1. The van der Waals surface area contributed by atoms with Crippen LogP contribution in [0, 0.1) is 12.7 Å². The number of halogens is 2. The average Bonchev–Trinajstić information content (AvgIpc) is 2.10. The standard InChI is InChI=1S/C10H10BrFO2/c1-6-2-8(5-11)7(3-9(6)12)4-10(13)14/h2-3H,4-5H2,1H3,(H,13,14). The maximum atomic E-state index is 13.1. The van der Waals surface area contributed by atoms with E-state index < -0.39 is 5.97 Å². The molecule has 0 amide bonds. The van der Waals surface area contributed by atoms with Crippen LogP contribution in [0.1, 0.15) is 16.7 Å². The second-order valence-electron chi connectivity index (χ2n) is 3.07. The topological polar surface area (TPSA) is 37.3 Å². The molecule has 1 N–H and O–H groups in total. The lowest BCUT2D eigenvalue weighted by Crippen LogP contribution is -2.04. The minimum Gasteiger partial charge on any atom is -0.481 e. The zero-order chi connectivity index (χ0) is 10.7. The van der Waals surface area contributed by atoms with Gasteiger partial charge in [0.2, 0.25) is 0 Å². The normalized spacial score (nSPS) is 10.2. The summed E-state index contributed by atoms with van der Waals surface area (Å²) in [4.78, 5) is 10.5. The zero-order valence-corrected chi connectivity index (χ0v) is 9.27. The molecule has 0 aliphatic carbocycles. The van der Waals surface area contributed by atoms with Crippen LogP contribution in [-0.2, 0) is 16.5 Å². The molecule has 1 rings (SSSR count). The minimum absolute atomic E-state index is 0.141. The van der Waals surface area contributed by atoms with Crippen LogP contribution in [0.5, 0.6) is 0 Å². The Labute approximate surface area is 89.9 Å². The van der Waals surface area contributed by atoms with E-state index in [1.807, 2.05) is 0 Å². The molecular formula is C10H10BrFO2. The summed E-state index contributed by atoms with van der Waals surface area (Å²) >= 11 is 3.24. The number of aliphatic carboxylic acids is 1. The Morgan fingerprint density at radius 1 is 1.50 bits per heavy atom. The quantitative estimate of drug-likeness (QED) is 0.849. The van der Waals surface area contributed by atoms with Gasteiger partial charge in [-0.2, -0.15) is 0 Å². The average molecular weight is 261 g/mol. The van der Waals surface area contributed by atoms with Crippen LogP contribution in [0.15, 0.2) is 12.1 Å². The van der Waals surface area contributed by atoms with Gasteiger partial charge in [-0.3, -0.25) is 4.79 Å². The lowest BCUT2D eigenvalue weighted by molar-refractivity contribution is -0.136. The summed E-state index contributed by atoms with van der Waals surface area (Å²) in [7, 11) is 0. The first kappa shape index (κ1) is 11.2. The fraction of sp³-hybridized carbons (Fsp3) is 0.300. The molecule has 0 fully saturated rings. The predicted octanol–water partition coefficient (Wildman–Crippen LogP) is 2.66. The summed E-state index contributed by atoms with van der Waals surface area (Å²) in [6.07, 6.45) is -0.141. The molecule has 0 bridgehead atoms. The van der Waals surface area contributed by atoms with Crippen molar-refractivity contribution in [2.45, 2.75) is 18.7 Å². The van der Waals surface area contributed by atoms with Crippen LogP contribution in [0.25, 0.3) is 0 Å². The van der Waals surface area contributed by atoms with E-state index in [0.717, 1.165) is 5.56 Å². The number of carbonyl (C=O) groups is 1. The first-order valence-corrected chi connectivity index (χ1v) is 5.22. The Morgan fingerprint density at radius 2 is 2.14 bits per heavy atom. The van der Waals surface area contributed by atoms with Gasteiger partial charge in [0.25, 0.3) is 0 Å². The molecule has 0 unspecified atom stereocenters. The van der Waals surface area contributed by atoms with Crippen LogP contribution >= 0.6 is 15.9 Å². The van der Waals surface area contributed by atoms with E-state index in [1.54, 1.807) is 13.0 Å². The van der Waals surface area contributed by atoms with Crippen LogP contribution in [-0.4, -0.2) is 11.1 Å². The lowest BCUT2D eigenvalue weighted by Gasteiger charge is -2.07. The summed E-state index contributed by atoms with van der Waals surface area (Å²) in [6, 6.07) is 2.96. The van der Waals surface area contributed by atoms with Crippen molar-refractivity contribution in [2.24, 2.45) is 0 Å². The van der Waals surface area contributed by atoms with Gasteiger partial charge in [0.1, 0.15) is 5.82 Å². The van der Waals surface area contributed by atoms with Gasteiger partial charge in [0.15, 0.2) is 0 Å². The van der Waals surface area contributed by atoms with E-state index in [-0.39, 0.29) is 12.2 Å². The van der Waals surface area contributed by atoms with E-state index in [2.05, 4.69) is 15.9 Å². The minimum atomic E-state index is -0.949. The van der Waals surface area contributed by atoms with Crippen molar-refractivity contribution in [2.75, 3.05) is 0 Å². The van der Waals surface area contributed by atoms with Gasteiger partial charge in [-0.15, -0.1) is 0 Å². The smallest absolute Gasteiger partial charge is 0.307 e. The summed E-state index contributed by atoms with van der Waals surface area (Å²) in [6.45, 7) is 1.66. The zero-order valence-electron chi connectivity index (χ0n) is 7.68. The second-order valence-corrected chi connectivity index (χ2v) is 3.63. The van der Waals surface area contributed by atoms with Gasteiger partial charge < -0.3 is 5.11 Å². The third-order valence-electron chi connectivity index (χ3n) is 1.97. The van der Waals surface area contributed by atoms with Gasteiger partial charge in [-0.1, -0.05) is 22.0 Å². The van der Waals surface area contributed by atoms with E-state index in [9.17, 15) is 9.18 Å². The van der Waals surface area contributed by atoms with Crippen LogP contribution < -0.4 is 0 Å². The number of hydrogen-bond acceptors (Lipinski definition) is 1. The van der Waals surface area contributed by atoms with Crippen molar-refractivity contribution >= 4 is 21.9 Å². The monoisotopic (exact) mass is 260 g/mol. The summed E-state index contributed by atoms with van der Waals surface area (Å²) in [5, 5.41) is 9.15. The first-order valence-electron chi connectivity index (χ1n) is 4.10. The highest BCUT2D eigenvalue weighted by molar-refractivity contribution is 9.08. The highest BCUT2D eigenvalue weighted by Crippen LogP contribution is 2.18. The second kappa shape index (κ2) is 4.55. The molecule has 4 heteroatoms. The van der Waals surface area contributed by atoms with Crippen molar-refractivity contribution in [3.8, 4) is 0 Å². The number of carboxylic acids is 1. The summed E-state index contributed by atoms with van der Waals surface area (Å²) in [5.74, 6) is -1.30. The lowest BCUT2D eigenvalue weighted by atomic mass is 10.0. The maximum Gasteiger partial charge on any atom is 0.307 e. The maximum absolute atomic E-state index is 13.1. The highest BCUT2D eigenvalue weighted by Gasteiger charge is 2.09. The number of rotatable bonds is 3. The third kappa shape index (κ3) is 2.54. The van der Waals surface area contributed by atoms with Crippen molar-refractivity contribution in [1.29, 1.82) is 0 Å². The van der Waals surface area contributed by atoms with Gasteiger partial charge in [0, 0.05) is 5.33 Å². The molecular weight excluding hydrogens is 251 g/mol. The first-order chi connectivity index (χ1) is 6.54. The van der Waals surface area contributed by atoms with Crippen molar-refractivity contribution < 1.29 is 14.3 Å². The molecule has 76 valence electrons. The molecule has 0 radical (unpaired) electrons. The van der Waals surface area contributed by atoms with E-state index in [1.165, 1.54) is 6.07 Å². The molecule has 1 aromatic rings. The van der Waals surface area contributed by atoms with E-state index in [0.29, 0.717) is 16.5 Å². The van der Waals surface area contributed by atoms with Gasteiger partial charge >= 0.3 is 5.97 Å². The van der Waals surface area contributed by atoms with Gasteiger partial charge in [-0.25, -0.2) is 4.39 Å². The SMILES string of the molecule is Cc1cc(CBr)c(CC(=O)O)cc1F. The molecule has 0 aliphatic heterocycles. The molecule has 0 atom stereocenters. The molecule has 14 heavy (non-hydrogen) atoms.